The van der Waals surface area contributed by atoms with E-state index in [1.165, 1.54) is 0 Å². The highest BCUT2D eigenvalue weighted by Gasteiger charge is 2.08. The maximum atomic E-state index is 9.03. The molecule has 1 aromatic carbocycles. The number of halogens is 1. The minimum absolute atomic E-state index is 0.0543. The van der Waals surface area contributed by atoms with Gasteiger partial charge in [-0.15, -0.1) is 0 Å². The zero-order valence-electron chi connectivity index (χ0n) is 7.54. The molecule has 4 nitrogen and oxygen atoms in total. The van der Waals surface area contributed by atoms with Gasteiger partial charge in [-0.1, -0.05) is 0 Å². The number of rotatable bonds is 2. The van der Waals surface area contributed by atoms with E-state index in [2.05, 4.69) is 26.1 Å². The third-order valence-electron chi connectivity index (χ3n) is 2.06. The molecule has 0 fully saturated rings. The number of H-pyrrole nitrogens is 1. The number of aliphatic hydroxyl groups is 1. The molecule has 0 unspecified atom stereocenters. The summed E-state index contributed by atoms with van der Waals surface area (Å²) in [6.07, 6.45) is 0. The van der Waals surface area contributed by atoms with Gasteiger partial charge in [-0.3, -0.25) is 5.10 Å². The van der Waals surface area contributed by atoms with Gasteiger partial charge in [0.25, 0.3) is 0 Å². The molecule has 1 heterocycles. The van der Waals surface area contributed by atoms with Crippen LogP contribution < -0.4 is 4.74 Å². The van der Waals surface area contributed by atoms with E-state index in [0.717, 1.165) is 21.1 Å². The Hall–Kier alpha value is -1.07. The van der Waals surface area contributed by atoms with E-state index in [4.69, 9.17) is 9.84 Å². The number of nitrogens with one attached hydrogen (secondary N) is 1. The van der Waals surface area contributed by atoms with E-state index in [1.807, 2.05) is 12.1 Å². The number of fused-ring (bicyclic) bond motifs is 1. The Balaban J connectivity index is 2.70. The summed E-state index contributed by atoms with van der Waals surface area (Å²) in [7, 11) is 1.60. The van der Waals surface area contributed by atoms with Crippen molar-refractivity contribution < 1.29 is 9.84 Å². The maximum absolute atomic E-state index is 9.03. The van der Waals surface area contributed by atoms with Crippen LogP contribution in [0.1, 0.15) is 5.69 Å². The van der Waals surface area contributed by atoms with Crippen molar-refractivity contribution in [2.24, 2.45) is 0 Å². The van der Waals surface area contributed by atoms with E-state index in [9.17, 15) is 0 Å². The first-order valence-electron chi connectivity index (χ1n) is 4.07. The van der Waals surface area contributed by atoms with Crippen molar-refractivity contribution in [2.75, 3.05) is 7.11 Å². The Morgan fingerprint density at radius 1 is 1.57 bits per heavy atom. The van der Waals surface area contributed by atoms with Crippen LogP contribution in [0, 0.1) is 0 Å². The van der Waals surface area contributed by atoms with Crippen LogP contribution in [0.15, 0.2) is 16.6 Å². The highest BCUT2D eigenvalue weighted by molar-refractivity contribution is 9.10. The van der Waals surface area contributed by atoms with Crippen molar-refractivity contribution in [3.8, 4) is 5.75 Å². The average Bonchev–Trinajstić information content (AvgIpc) is 2.58. The first-order chi connectivity index (χ1) is 6.76. The molecule has 2 N–H and O–H groups in total. The van der Waals surface area contributed by atoms with Crippen molar-refractivity contribution in [1.29, 1.82) is 0 Å². The Bertz CT molecular complexity index is 467. The number of aromatic amines is 1. The van der Waals surface area contributed by atoms with Gasteiger partial charge in [-0.25, -0.2) is 0 Å². The molecule has 0 saturated carbocycles. The molecule has 0 saturated heterocycles. The van der Waals surface area contributed by atoms with E-state index in [-0.39, 0.29) is 6.61 Å². The summed E-state index contributed by atoms with van der Waals surface area (Å²) in [6.45, 7) is -0.0543. The lowest BCUT2D eigenvalue weighted by Crippen LogP contribution is -1.86. The zero-order valence-corrected chi connectivity index (χ0v) is 9.13. The van der Waals surface area contributed by atoms with Crippen molar-refractivity contribution in [2.45, 2.75) is 6.61 Å². The number of aromatic nitrogens is 2. The van der Waals surface area contributed by atoms with Crippen LogP contribution in [0.4, 0.5) is 0 Å². The number of nitrogens with zero attached hydrogens (tertiary/aromatic N) is 1. The standard InChI is InChI=1S/C9H9BrN2O2/c1-14-9-2-5-7(3-6(9)10)11-12-8(5)4-13/h2-3,13H,4H2,1H3,(H,11,12). The number of ether oxygens (including phenoxy) is 1. The zero-order chi connectivity index (χ0) is 10.1. The summed E-state index contributed by atoms with van der Waals surface area (Å²) in [4.78, 5) is 0. The van der Waals surface area contributed by atoms with Gasteiger partial charge in [-0.05, 0) is 28.1 Å². The van der Waals surface area contributed by atoms with Gasteiger partial charge in [0.05, 0.1) is 29.4 Å². The second-order valence-electron chi connectivity index (χ2n) is 2.86. The number of benzene rings is 1. The minimum atomic E-state index is -0.0543. The molecule has 14 heavy (non-hydrogen) atoms. The van der Waals surface area contributed by atoms with E-state index in [0.29, 0.717) is 5.69 Å². The summed E-state index contributed by atoms with van der Waals surface area (Å²) in [5, 5.41) is 16.7. The lowest BCUT2D eigenvalue weighted by molar-refractivity contribution is 0.278. The van der Waals surface area contributed by atoms with Crippen LogP contribution in [0.25, 0.3) is 10.9 Å². The molecule has 0 spiro atoms. The third-order valence-corrected chi connectivity index (χ3v) is 2.68. The number of aliphatic hydroxyl groups excluding tert-OH is 1. The summed E-state index contributed by atoms with van der Waals surface area (Å²) < 4.78 is 6.00. The molecular weight excluding hydrogens is 248 g/mol. The predicted molar refractivity (Wildman–Crippen MR) is 56.3 cm³/mol. The third kappa shape index (κ3) is 1.38. The molecule has 0 aliphatic rings. The average molecular weight is 257 g/mol. The van der Waals surface area contributed by atoms with Gasteiger partial charge < -0.3 is 9.84 Å². The summed E-state index contributed by atoms with van der Waals surface area (Å²) in [5.74, 6) is 0.730. The second kappa shape index (κ2) is 3.59. The van der Waals surface area contributed by atoms with Gasteiger partial charge in [0.1, 0.15) is 5.75 Å². The van der Waals surface area contributed by atoms with Gasteiger partial charge in [0.2, 0.25) is 0 Å². The predicted octanol–water partition coefficient (Wildman–Crippen LogP) is 1.83. The van der Waals surface area contributed by atoms with Crippen LogP contribution in [-0.4, -0.2) is 22.4 Å². The van der Waals surface area contributed by atoms with Crippen LogP contribution in [0.3, 0.4) is 0 Å². The quantitative estimate of drug-likeness (QED) is 0.862. The normalized spacial score (nSPS) is 10.8. The van der Waals surface area contributed by atoms with Crippen LogP contribution in [0.5, 0.6) is 5.75 Å². The van der Waals surface area contributed by atoms with Crippen molar-refractivity contribution in [1.82, 2.24) is 10.2 Å². The molecular formula is C9H9BrN2O2. The van der Waals surface area contributed by atoms with E-state index >= 15 is 0 Å². The fraction of sp³-hybridized carbons (Fsp3) is 0.222. The Labute approximate surface area is 89.0 Å². The molecule has 2 aromatic rings. The van der Waals surface area contributed by atoms with Gasteiger partial charge in [0.15, 0.2) is 0 Å². The molecule has 2 rings (SSSR count). The largest absolute Gasteiger partial charge is 0.496 e. The summed E-state index contributed by atoms with van der Waals surface area (Å²) in [6, 6.07) is 3.69. The van der Waals surface area contributed by atoms with Crippen molar-refractivity contribution in [3.63, 3.8) is 0 Å². The Morgan fingerprint density at radius 3 is 3.00 bits per heavy atom. The molecule has 1 aromatic heterocycles. The first-order valence-corrected chi connectivity index (χ1v) is 4.87. The highest BCUT2D eigenvalue weighted by atomic mass is 79.9. The smallest absolute Gasteiger partial charge is 0.133 e. The topological polar surface area (TPSA) is 58.1 Å². The lowest BCUT2D eigenvalue weighted by atomic mass is 10.2. The fourth-order valence-corrected chi connectivity index (χ4v) is 1.84. The molecule has 0 amide bonds. The number of hydrogen-bond donors (Lipinski definition) is 2. The Morgan fingerprint density at radius 2 is 2.36 bits per heavy atom. The molecule has 0 aliphatic carbocycles. The van der Waals surface area contributed by atoms with E-state index in [1.54, 1.807) is 7.11 Å². The van der Waals surface area contributed by atoms with Crippen LogP contribution in [0.2, 0.25) is 0 Å². The van der Waals surface area contributed by atoms with Crippen LogP contribution in [-0.2, 0) is 6.61 Å². The minimum Gasteiger partial charge on any atom is -0.496 e. The highest BCUT2D eigenvalue weighted by Crippen LogP contribution is 2.30. The number of hydrogen-bond acceptors (Lipinski definition) is 3. The summed E-state index contributed by atoms with van der Waals surface area (Å²) >= 11 is 3.37. The van der Waals surface area contributed by atoms with Gasteiger partial charge in [-0.2, -0.15) is 5.10 Å². The van der Waals surface area contributed by atoms with E-state index < -0.39 is 0 Å². The lowest BCUT2D eigenvalue weighted by Gasteiger charge is -2.02. The molecule has 74 valence electrons. The molecule has 0 atom stereocenters. The van der Waals surface area contributed by atoms with Crippen LogP contribution >= 0.6 is 15.9 Å². The van der Waals surface area contributed by atoms with Gasteiger partial charge in [0, 0.05) is 5.39 Å². The second-order valence-corrected chi connectivity index (χ2v) is 3.72. The monoisotopic (exact) mass is 256 g/mol. The fourth-order valence-electron chi connectivity index (χ4n) is 1.34. The molecule has 0 bridgehead atoms. The first kappa shape index (κ1) is 9.48. The maximum Gasteiger partial charge on any atom is 0.133 e. The molecule has 0 radical (unpaired) electrons. The molecule has 5 heteroatoms. The molecule has 0 aliphatic heterocycles. The van der Waals surface area contributed by atoms with Crippen molar-refractivity contribution >= 4 is 26.8 Å². The SMILES string of the molecule is COc1cc2c(CO)[nH]nc2cc1Br. The Kier molecular flexibility index (Phi) is 2.43. The van der Waals surface area contributed by atoms with Gasteiger partial charge >= 0.3 is 0 Å². The summed E-state index contributed by atoms with van der Waals surface area (Å²) in [5.41, 5.74) is 1.51. The van der Waals surface area contributed by atoms with Crippen molar-refractivity contribution in [3.05, 3.63) is 22.3 Å². The number of methoxy groups -OCH3 is 1.